The summed E-state index contributed by atoms with van der Waals surface area (Å²) in [6, 6.07) is 1.66. The number of aliphatic hydroxyl groups is 1. The van der Waals surface area contributed by atoms with Gasteiger partial charge in [-0.2, -0.15) is 0 Å². The summed E-state index contributed by atoms with van der Waals surface area (Å²) in [7, 11) is 0. The molecule has 4 nitrogen and oxygen atoms in total. The lowest BCUT2D eigenvalue weighted by Crippen LogP contribution is -2.27. The van der Waals surface area contributed by atoms with E-state index in [1.807, 2.05) is 0 Å². The maximum atomic E-state index is 11.8. The Morgan fingerprint density at radius 3 is 2.53 bits per heavy atom. The third kappa shape index (κ3) is 4.23. The van der Waals surface area contributed by atoms with E-state index in [-0.39, 0.29) is 6.10 Å². The van der Waals surface area contributed by atoms with Gasteiger partial charge in [0.1, 0.15) is 23.2 Å². The normalized spacial score (nSPS) is 13.5. The van der Waals surface area contributed by atoms with Crippen LogP contribution in [0.1, 0.15) is 49.1 Å². The van der Waals surface area contributed by atoms with E-state index in [0.29, 0.717) is 23.5 Å². The van der Waals surface area contributed by atoms with Crippen molar-refractivity contribution in [2.24, 2.45) is 0 Å². The first-order valence-corrected chi connectivity index (χ1v) is 5.69. The Bertz CT molecular complexity index is 398. The summed E-state index contributed by atoms with van der Waals surface area (Å²) in [5.41, 5.74) is -0.397. The van der Waals surface area contributed by atoms with Crippen molar-refractivity contribution in [3.05, 3.63) is 23.2 Å². The molecule has 0 aliphatic heterocycles. The first kappa shape index (κ1) is 13.8. The second kappa shape index (κ2) is 4.92. The van der Waals surface area contributed by atoms with Gasteiger partial charge < -0.3 is 14.3 Å². The molecule has 0 bridgehead atoms. The van der Waals surface area contributed by atoms with Crippen molar-refractivity contribution in [2.75, 3.05) is 0 Å². The highest BCUT2D eigenvalue weighted by molar-refractivity contribution is 5.90. The smallest absolute Gasteiger partial charge is 0.341 e. The Hall–Kier alpha value is -1.29. The second-order valence-corrected chi connectivity index (χ2v) is 5.06. The van der Waals surface area contributed by atoms with Crippen LogP contribution in [-0.4, -0.2) is 22.8 Å². The standard InChI is InChI=1S/C13H20O4/c1-8-6-11(10(3)16-8)12(14)17-9(2)7-13(4,5)15/h6,9,15H,7H2,1-5H3. The molecule has 0 fully saturated rings. The zero-order valence-corrected chi connectivity index (χ0v) is 11.0. The van der Waals surface area contributed by atoms with E-state index < -0.39 is 11.6 Å². The molecule has 0 saturated carbocycles. The summed E-state index contributed by atoms with van der Waals surface area (Å²) < 4.78 is 10.5. The summed E-state index contributed by atoms with van der Waals surface area (Å²) >= 11 is 0. The van der Waals surface area contributed by atoms with Crippen LogP contribution in [0.5, 0.6) is 0 Å². The van der Waals surface area contributed by atoms with Crippen LogP contribution in [0.2, 0.25) is 0 Å². The van der Waals surface area contributed by atoms with Gasteiger partial charge in [-0.1, -0.05) is 0 Å². The van der Waals surface area contributed by atoms with Crippen molar-refractivity contribution in [1.29, 1.82) is 0 Å². The van der Waals surface area contributed by atoms with Gasteiger partial charge in [-0.15, -0.1) is 0 Å². The van der Waals surface area contributed by atoms with Gasteiger partial charge in [-0.25, -0.2) is 4.79 Å². The Labute approximate surface area is 102 Å². The molecule has 0 aliphatic rings. The minimum Gasteiger partial charge on any atom is -0.466 e. The predicted molar refractivity (Wildman–Crippen MR) is 64.0 cm³/mol. The number of hydrogen-bond donors (Lipinski definition) is 1. The molecule has 1 aromatic rings. The van der Waals surface area contributed by atoms with Crippen LogP contribution >= 0.6 is 0 Å². The lowest BCUT2D eigenvalue weighted by molar-refractivity contribution is -0.00258. The van der Waals surface area contributed by atoms with Gasteiger partial charge in [0.05, 0.1) is 5.60 Å². The first-order valence-electron chi connectivity index (χ1n) is 5.69. The maximum absolute atomic E-state index is 11.8. The predicted octanol–water partition coefficient (Wildman–Crippen LogP) is 2.60. The molecule has 1 rings (SSSR count). The van der Waals surface area contributed by atoms with Crippen LogP contribution in [-0.2, 0) is 4.74 Å². The van der Waals surface area contributed by atoms with Crippen molar-refractivity contribution >= 4 is 5.97 Å². The van der Waals surface area contributed by atoms with E-state index >= 15 is 0 Å². The fourth-order valence-electron chi connectivity index (χ4n) is 1.82. The number of esters is 1. The monoisotopic (exact) mass is 240 g/mol. The number of rotatable bonds is 4. The average Bonchev–Trinajstić information content (AvgIpc) is 2.41. The molecule has 0 aliphatic carbocycles. The van der Waals surface area contributed by atoms with Crippen LogP contribution < -0.4 is 0 Å². The third-order valence-corrected chi connectivity index (χ3v) is 2.36. The number of hydrogen-bond acceptors (Lipinski definition) is 4. The average molecular weight is 240 g/mol. The molecule has 0 radical (unpaired) electrons. The van der Waals surface area contributed by atoms with Crippen molar-refractivity contribution < 1.29 is 19.1 Å². The molecule has 17 heavy (non-hydrogen) atoms. The van der Waals surface area contributed by atoms with Gasteiger partial charge in [0.15, 0.2) is 0 Å². The molecule has 0 saturated heterocycles. The maximum Gasteiger partial charge on any atom is 0.341 e. The fraction of sp³-hybridized carbons (Fsp3) is 0.615. The highest BCUT2D eigenvalue weighted by Crippen LogP contribution is 2.18. The highest BCUT2D eigenvalue weighted by atomic mass is 16.5. The Morgan fingerprint density at radius 1 is 1.53 bits per heavy atom. The van der Waals surface area contributed by atoms with Crippen molar-refractivity contribution in [1.82, 2.24) is 0 Å². The zero-order chi connectivity index (χ0) is 13.2. The van der Waals surface area contributed by atoms with Crippen LogP contribution in [0.15, 0.2) is 10.5 Å². The number of carbonyl (C=O) groups excluding carboxylic acids is 1. The third-order valence-electron chi connectivity index (χ3n) is 2.36. The molecular weight excluding hydrogens is 220 g/mol. The Morgan fingerprint density at radius 2 is 2.12 bits per heavy atom. The summed E-state index contributed by atoms with van der Waals surface area (Å²) in [5.74, 6) is 0.837. The molecule has 0 amide bonds. The molecule has 96 valence electrons. The molecule has 4 heteroatoms. The van der Waals surface area contributed by atoms with Crippen molar-refractivity contribution in [2.45, 2.75) is 52.7 Å². The minimum absolute atomic E-state index is 0.336. The largest absolute Gasteiger partial charge is 0.466 e. The molecule has 1 N–H and O–H groups in total. The molecule has 1 heterocycles. The van der Waals surface area contributed by atoms with Gasteiger partial charge in [-0.05, 0) is 40.7 Å². The van der Waals surface area contributed by atoms with E-state index in [9.17, 15) is 9.90 Å². The van der Waals surface area contributed by atoms with E-state index in [2.05, 4.69) is 0 Å². The first-order chi connectivity index (χ1) is 7.69. The van der Waals surface area contributed by atoms with Gasteiger partial charge in [-0.3, -0.25) is 0 Å². The molecule has 1 aromatic heterocycles. The summed E-state index contributed by atoms with van der Waals surface area (Å²) in [4.78, 5) is 11.8. The van der Waals surface area contributed by atoms with Crippen molar-refractivity contribution in [3.8, 4) is 0 Å². The minimum atomic E-state index is -0.846. The quantitative estimate of drug-likeness (QED) is 0.822. The van der Waals surface area contributed by atoms with Crippen LogP contribution in [0, 0.1) is 13.8 Å². The molecule has 0 aromatic carbocycles. The SMILES string of the molecule is Cc1cc(C(=O)OC(C)CC(C)(C)O)c(C)o1. The van der Waals surface area contributed by atoms with E-state index in [0.717, 1.165) is 0 Å². The van der Waals surface area contributed by atoms with Gasteiger partial charge in [0, 0.05) is 6.42 Å². The lowest BCUT2D eigenvalue weighted by atomic mass is 10.0. The van der Waals surface area contributed by atoms with Crippen LogP contribution in [0.25, 0.3) is 0 Å². The second-order valence-electron chi connectivity index (χ2n) is 5.06. The lowest BCUT2D eigenvalue weighted by Gasteiger charge is -2.22. The van der Waals surface area contributed by atoms with Crippen molar-refractivity contribution in [3.63, 3.8) is 0 Å². The molecule has 1 atom stereocenters. The molecular formula is C13H20O4. The van der Waals surface area contributed by atoms with Gasteiger partial charge in [0.25, 0.3) is 0 Å². The summed E-state index contributed by atoms with van der Waals surface area (Å²) in [6.45, 7) is 8.64. The Balaban J connectivity index is 2.64. The molecule has 0 spiro atoms. The topological polar surface area (TPSA) is 59.7 Å². The number of furan rings is 1. The van der Waals surface area contributed by atoms with Crippen LogP contribution in [0.4, 0.5) is 0 Å². The number of ether oxygens (including phenoxy) is 1. The Kier molecular flexibility index (Phi) is 3.98. The van der Waals surface area contributed by atoms with Gasteiger partial charge in [0.2, 0.25) is 0 Å². The fourth-order valence-corrected chi connectivity index (χ4v) is 1.82. The van der Waals surface area contributed by atoms with E-state index in [4.69, 9.17) is 9.15 Å². The van der Waals surface area contributed by atoms with Crippen LogP contribution in [0.3, 0.4) is 0 Å². The van der Waals surface area contributed by atoms with E-state index in [1.165, 1.54) is 0 Å². The number of aryl methyl sites for hydroxylation is 2. The molecule has 1 unspecified atom stereocenters. The summed E-state index contributed by atoms with van der Waals surface area (Å²) in [5, 5.41) is 9.62. The summed E-state index contributed by atoms with van der Waals surface area (Å²) in [6.07, 6.45) is 0.0614. The van der Waals surface area contributed by atoms with Gasteiger partial charge >= 0.3 is 5.97 Å². The highest BCUT2D eigenvalue weighted by Gasteiger charge is 2.22. The number of carbonyl (C=O) groups is 1. The van der Waals surface area contributed by atoms with E-state index in [1.54, 1.807) is 40.7 Å². The zero-order valence-electron chi connectivity index (χ0n) is 11.0.